The highest BCUT2D eigenvalue weighted by Gasteiger charge is 2.75. The maximum atomic E-state index is 13.6. The van der Waals surface area contributed by atoms with Gasteiger partial charge in [0.1, 0.15) is 16.8 Å². The summed E-state index contributed by atoms with van der Waals surface area (Å²) < 4.78 is 40.1. The van der Waals surface area contributed by atoms with E-state index in [-0.39, 0.29) is 18.3 Å². The zero-order chi connectivity index (χ0) is 25.6. The van der Waals surface area contributed by atoms with Crippen LogP contribution in [0.5, 0.6) is 5.75 Å². The molecule has 1 aromatic carbocycles. The lowest BCUT2D eigenvalue weighted by Crippen LogP contribution is -2.34. The molecule has 0 radical (unpaired) electrons. The predicted octanol–water partition coefficient (Wildman–Crippen LogP) is 3.58. The van der Waals surface area contributed by atoms with Crippen molar-refractivity contribution in [2.24, 2.45) is 11.3 Å². The molecule has 0 amide bonds. The minimum atomic E-state index is -2.48. The quantitative estimate of drug-likeness (QED) is 0.398. The third-order valence-electron chi connectivity index (χ3n) is 8.12. The second-order valence-electron chi connectivity index (χ2n) is 10.7. The number of nitrogen functional groups attached to an aromatic ring is 1. The Labute approximate surface area is 214 Å². The van der Waals surface area contributed by atoms with Crippen molar-refractivity contribution in [2.45, 2.75) is 57.2 Å². The van der Waals surface area contributed by atoms with Crippen LogP contribution in [0.2, 0.25) is 0 Å². The van der Waals surface area contributed by atoms with Crippen molar-refractivity contribution in [1.82, 2.24) is 25.1 Å². The van der Waals surface area contributed by atoms with Gasteiger partial charge in [-0.2, -0.15) is 10.1 Å². The highest BCUT2D eigenvalue weighted by molar-refractivity contribution is 5.86. The van der Waals surface area contributed by atoms with E-state index < -0.39 is 11.3 Å². The first-order valence-corrected chi connectivity index (χ1v) is 12.9. The molecule has 3 fully saturated rings. The average Bonchev–Trinajstić information content (AvgIpc) is 3.23. The number of fused-ring (bicyclic) bond motifs is 1. The zero-order valence-electron chi connectivity index (χ0n) is 21.0. The van der Waals surface area contributed by atoms with Crippen LogP contribution in [-0.2, 0) is 17.8 Å². The number of nitrogens with zero attached hydrogens (tertiary/aromatic N) is 4. The second-order valence-corrected chi connectivity index (χ2v) is 10.7. The summed E-state index contributed by atoms with van der Waals surface area (Å²) in [5, 5.41) is 11.5. The molecule has 0 atom stereocenters. The van der Waals surface area contributed by atoms with Crippen molar-refractivity contribution in [1.29, 1.82) is 0 Å². The summed E-state index contributed by atoms with van der Waals surface area (Å²) in [5.41, 5.74) is 8.68. The fourth-order valence-electron chi connectivity index (χ4n) is 5.87. The van der Waals surface area contributed by atoms with Crippen LogP contribution in [0, 0.1) is 11.3 Å². The standard InChI is InChI=1S/C26H33F2N7O2/c1-36-21-8-16(11-30-19-4-6-37-7-5-19)2-3-18(21)14-35-22-20(13-32-35)33-24(29)34-23(22)31-12-17-9-25(10-17)15-26(25,27)28/h2-3,8,13,17,19,30H,4-7,9-12,14-15H2,1H3,(H3,29,31,33,34). The number of alkyl halides is 2. The first-order chi connectivity index (χ1) is 17.9. The smallest absolute Gasteiger partial charge is 0.254 e. The van der Waals surface area contributed by atoms with Gasteiger partial charge < -0.3 is 25.8 Å². The van der Waals surface area contributed by atoms with Crippen LogP contribution in [0.3, 0.4) is 0 Å². The molecule has 4 N–H and O–H groups in total. The Bertz CT molecular complexity index is 1290. The van der Waals surface area contributed by atoms with Gasteiger partial charge in [-0.15, -0.1) is 0 Å². The SMILES string of the molecule is COc1cc(CNC2CCOCC2)ccc1Cn1ncc2nc(N)nc(NCC3CC4(C3)CC4(F)F)c21. The van der Waals surface area contributed by atoms with Gasteiger partial charge in [-0.05, 0) is 43.2 Å². The van der Waals surface area contributed by atoms with E-state index in [1.54, 1.807) is 13.3 Å². The van der Waals surface area contributed by atoms with E-state index in [4.69, 9.17) is 15.2 Å². The van der Waals surface area contributed by atoms with Crippen molar-refractivity contribution in [3.8, 4) is 5.75 Å². The van der Waals surface area contributed by atoms with Crippen LogP contribution in [0.1, 0.15) is 43.2 Å². The Morgan fingerprint density at radius 3 is 2.73 bits per heavy atom. The van der Waals surface area contributed by atoms with Crippen LogP contribution in [-0.4, -0.2) is 58.6 Å². The number of aromatic nitrogens is 4. The summed E-state index contributed by atoms with van der Waals surface area (Å²) in [7, 11) is 1.67. The van der Waals surface area contributed by atoms with E-state index in [1.807, 2.05) is 4.68 Å². The lowest BCUT2D eigenvalue weighted by Gasteiger charge is -2.36. The van der Waals surface area contributed by atoms with Gasteiger partial charge in [0.05, 0.1) is 19.9 Å². The molecule has 2 saturated carbocycles. The third-order valence-corrected chi connectivity index (χ3v) is 8.12. The van der Waals surface area contributed by atoms with Crippen LogP contribution in [0.25, 0.3) is 11.0 Å². The fourth-order valence-corrected chi connectivity index (χ4v) is 5.87. The summed E-state index contributed by atoms with van der Waals surface area (Å²) in [4.78, 5) is 8.74. The van der Waals surface area contributed by atoms with Gasteiger partial charge in [-0.25, -0.2) is 13.8 Å². The molecular weight excluding hydrogens is 480 g/mol. The number of anilines is 2. The van der Waals surface area contributed by atoms with Gasteiger partial charge in [-0.1, -0.05) is 12.1 Å². The van der Waals surface area contributed by atoms with Crippen LogP contribution in [0.4, 0.5) is 20.5 Å². The van der Waals surface area contributed by atoms with Crippen molar-refractivity contribution < 1.29 is 18.3 Å². The molecule has 6 rings (SSSR count). The largest absolute Gasteiger partial charge is 0.496 e. The highest BCUT2D eigenvalue weighted by atomic mass is 19.3. The van der Waals surface area contributed by atoms with Crippen LogP contribution in [0.15, 0.2) is 24.4 Å². The van der Waals surface area contributed by atoms with Gasteiger partial charge in [0.2, 0.25) is 5.95 Å². The van der Waals surface area contributed by atoms with E-state index in [0.717, 1.165) is 55.0 Å². The molecule has 2 aliphatic carbocycles. The molecule has 2 aromatic heterocycles. The Hall–Kier alpha value is -3.05. The lowest BCUT2D eigenvalue weighted by atomic mass is 9.71. The molecule has 1 saturated heterocycles. The monoisotopic (exact) mass is 513 g/mol. The molecule has 1 spiro atoms. The first kappa shape index (κ1) is 24.3. The molecule has 9 nitrogen and oxygen atoms in total. The summed E-state index contributed by atoms with van der Waals surface area (Å²) >= 11 is 0. The molecule has 3 heterocycles. The molecule has 3 aromatic rings. The van der Waals surface area contributed by atoms with E-state index in [1.165, 1.54) is 0 Å². The average molecular weight is 514 g/mol. The summed E-state index contributed by atoms with van der Waals surface area (Å²) in [5.74, 6) is -0.791. The molecule has 198 valence electrons. The fraction of sp³-hybridized carbons (Fsp3) is 0.577. The van der Waals surface area contributed by atoms with Gasteiger partial charge in [0, 0.05) is 49.7 Å². The molecule has 37 heavy (non-hydrogen) atoms. The summed E-state index contributed by atoms with van der Waals surface area (Å²) in [6.45, 7) is 3.40. The van der Waals surface area contributed by atoms with Crippen molar-refractivity contribution in [2.75, 3.05) is 37.9 Å². The van der Waals surface area contributed by atoms with E-state index >= 15 is 0 Å². The Morgan fingerprint density at radius 1 is 1.22 bits per heavy atom. The number of rotatable bonds is 9. The number of hydrogen-bond acceptors (Lipinski definition) is 8. The molecule has 11 heteroatoms. The molecule has 1 aliphatic heterocycles. The summed E-state index contributed by atoms with van der Waals surface area (Å²) in [6, 6.07) is 6.69. The van der Waals surface area contributed by atoms with Gasteiger partial charge >= 0.3 is 0 Å². The topological polar surface area (TPSA) is 112 Å². The minimum Gasteiger partial charge on any atom is -0.496 e. The van der Waals surface area contributed by atoms with Crippen molar-refractivity contribution >= 4 is 22.8 Å². The number of nitrogens with one attached hydrogen (secondary N) is 2. The number of ether oxygens (including phenoxy) is 2. The first-order valence-electron chi connectivity index (χ1n) is 12.9. The predicted molar refractivity (Wildman–Crippen MR) is 136 cm³/mol. The maximum Gasteiger partial charge on any atom is 0.254 e. The van der Waals surface area contributed by atoms with E-state index in [9.17, 15) is 8.78 Å². The minimum absolute atomic E-state index is 0.0280. The maximum absolute atomic E-state index is 13.6. The van der Waals surface area contributed by atoms with E-state index in [2.05, 4.69) is 43.9 Å². The number of halogens is 2. The van der Waals surface area contributed by atoms with Crippen LogP contribution < -0.4 is 21.1 Å². The number of methoxy groups -OCH3 is 1. The normalized spacial score (nSPS) is 24.8. The number of hydrogen-bond donors (Lipinski definition) is 3. The molecule has 0 unspecified atom stereocenters. The van der Waals surface area contributed by atoms with Crippen molar-refractivity contribution in [3.63, 3.8) is 0 Å². The van der Waals surface area contributed by atoms with Gasteiger partial charge in [0.25, 0.3) is 5.92 Å². The van der Waals surface area contributed by atoms with E-state index in [0.29, 0.717) is 43.3 Å². The zero-order valence-corrected chi connectivity index (χ0v) is 21.0. The second kappa shape index (κ2) is 9.36. The molecular formula is C26H33F2N7O2. The Kier molecular flexibility index (Phi) is 6.15. The van der Waals surface area contributed by atoms with Crippen LogP contribution >= 0.6 is 0 Å². The van der Waals surface area contributed by atoms with Crippen molar-refractivity contribution in [3.05, 3.63) is 35.5 Å². The lowest BCUT2D eigenvalue weighted by molar-refractivity contribution is 0.00528. The third kappa shape index (κ3) is 4.70. The highest BCUT2D eigenvalue weighted by Crippen LogP contribution is 2.72. The van der Waals surface area contributed by atoms with Gasteiger partial charge in [-0.3, -0.25) is 4.68 Å². The molecule has 0 bridgehead atoms. The molecule has 3 aliphatic rings. The Balaban J connectivity index is 1.16. The summed E-state index contributed by atoms with van der Waals surface area (Å²) in [6.07, 6.45) is 4.84. The number of nitrogens with two attached hydrogens (primary N) is 1. The number of benzene rings is 1. The van der Waals surface area contributed by atoms with Gasteiger partial charge in [0.15, 0.2) is 5.82 Å². The Morgan fingerprint density at radius 2 is 2.00 bits per heavy atom.